The van der Waals surface area contributed by atoms with E-state index in [-0.39, 0.29) is 6.10 Å². The van der Waals surface area contributed by atoms with Gasteiger partial charge in [-0.25, -0.2) is 0 Å². The van der Waals surface area contributed by atoms with E-state index >= 15 is 0 Å². The van der Waals surface area contributed by atoms with Crippen molar-refractivity contribution in [2.45, 2.75) is 39.2 Å². The summed E-state index contributed by atoms with van der Waals surface area (Å²) in [5, 5.41) is 9.22. The molecule has 0 saturated carbocycles. The molecular weight excluding hydrogens is 112 g/mol. The molecule has 0 aromatic heterocycles. The van der Waals surface area contributed by atoms with Crippen LogP contribution in [0, 0.1) is 12.8 Å². The van der Waals surface area contributed by atoms with Crippen LogP contribution in [0.2, 0.25) is 0 Å². The number of hydrogen-bond donors (Lipinski definition) is 1. The Labute approximate surface area is 58.1 Å². The molecule has 0 rings (SSSR count). The first-order valence-electron chi connectivity index (χ1n) is 3.58. The highest BCUT2D eigenvalue weighted by Crippen LogP contribution is 2.17. The zero-order valence-electron chi connectivity index (χ0n) is 6.35. The van der Waals surface area contributed by atoms with Gasteiger partial charge in [-0.1, -0.05) is 20.8 Å². The molecular formula is C8H16O. The van der Waals surface area contributed by atoms with Gasteiger partial charge in [0.15, 0.2) is 0 Å². The minimum absolute atomic E-state index is 0.264. The van der Waals surface area contributed by atoms with Crippen molar-refractivity contribution in [3.63, 3.8) is 0 Å². The van der Waals surface area contributed by atoms with Gasteiger partial charge in [0, 0.05) is 5.92 Å². The third-order valence-corrected chi connectivity index (χ3v) is 1.65. The SMILES string of the molecule is [CH2]CC(O)[C](CC)CC. The lowest BCUT2D eigenvalue weighted by Gasteiger charge is -2.16. The quantitative estimate of drug-likeness (QED) is 0.613. The van der Waals surface area contributed by atoms with Crippen LogP contribution in [-0.4, -0.2) is 11.2 Å². The fourth-order valence-electron chi connectivity index (χ4n) is 0.925. The molecule has 0 bridgehead atoms. The van der Waals surface area contributed by atoms with E-state index in [2.05, 4.69) is 20.8 Å². The molecule has 1 unspecified atom stereocenters. The van der Waals surface area contributed by atoms with Gasteiger partial charge in [-0.05, 0) is 19.3 Å². The summed E-state index contributed by atoms with van der Waals surface area (Å²) in [7, 11) is 0. The van der Waals surface area contributed by atoms with Gasteiger partial charge in [-0.3, -0.25) is 0 Å². The highest BCUT2D eigenvalue weighted by Gasteiger charge is 2.12. The molecule has 0 aromatic carbocycles. The highest BCUT2D eigenvalue weighted by atomic mass is 16.3. The Bertz CT molecular complexity index is 57.6. The number of aliphatic hydroxyl groups is 1. The average molecular weight is 128 g/mol. The van der Waals surface area contributed by atoms with Crippen molar-refractivity contribution in [1.82, 2.24) is 0 Å². The van der Waals surface area contributed by atoms with Crippen molar-refractivity contribution in [2.75, 3.05) is 0 Å². The zero-order valence-corrected chi connectivity index (χ0v) is 6.35. The van der Waals surface area contributed by atoms with Crippen LogP contribution < -0.4 is 0 Å². The minimum atomic E-state index is -0.264. The number of hydrogen-bond acceptors (Lipinski definition) is 1. The molecule has 0 spiro atoms. The first-order valence-corrected chi connectivity index (χ1v) is 3.58. The van der Waals surface area contributed by atoms with Gasteiger partial charge in [-0.2, -0.15) is 0 Å². The summed E-state index contributed by atoms with van der Waals surface area (Å²) in [6, 6.07) is 0. The van der Waals surface area contributed by atoms with Crippen molar-refractivity contribution < 1.29 is 5.11 Å². The van der Waals surface area contributed by atoms with E-state index < -0.39 is 0 Å². The molecule has 0 saturated heterocycles. The van der Waals surface area contributed by atoms with E-state index in [0.717, 1.165) is 12.8 Å². The van der Waals surface area contributed by atoms with Crippen LogP contribution in [0.3, 0.4) is 0 Å². The Balaban J connectivity index is 3.50. The van der Waals surface area contributed by atoms with E-state index in [1.54, 1.807) is 0 Å². The molecule has 1 nitrogen and oxygen atoms in total. The molecule has 0 aromatic rings. The average Bonchev–Trinajstić information content (AvgIpc) is 1.90. The van der Waals surface area contributed by atoms with Crippen LogP contribution >= 0.6 is 0 Å². The lowest BCUT2D eigenvalue weighted by Crippen LogP contribution is -2.15. The van der Waals surface area contributed by atoms with Gasteiger partial charge >= 0.3 is 0 Å². The molecule has 0 aliphatic carbocycles. The van der Waals surface area contributed by atoms with Crippen LogP contribution in [0.15, 0.2) is 0 Å². The first kappa shape index (κ1) is 8.96. The Morgan fingerprint density at radius 3 is 2.00 bits per heavy atom. The number of rotatable bonds is 4. The Kier molecular flexibility index (Phi) is 4.78. The fraction of sp³-hybridized carbons (Fsp3) is 0.750. The third kappa shape index (κ3) is 2.85. The van der Waals surface area contributed by atoms with Gasteiger partial charge in [0.1, 0.15) is 0 Å². The Morgan fingerprint density at radius 2 is 1.89 bits per heavy atom. The molecule has 0 amide bonds. The van der Waals surface area contributed by atoms with Crippen molar-refractivity contribution in [1.29, 1.82) is 0 Å². The van der Waals surface area contributed by atoms with Crippen LogP contribution in [0.25, 0.3) is 0 Å². The normalized spacial score (nSPS) is 14.3. The molecule has 54 valence electrons. The first-order chi connectivity index (χ1) is 4.26. The summed E-state index contributed by atoms with van der Waals surface area (Å²) < 4.78 is 0. The summed E-state index contributed by atoms with van der Waals surface area (Å²) in [6.07, 6.45) is 2.30. The molecule has 0 heterocycles. The Hall–Kier alpha value is -0.0400. The van der Waals surface area contributed by atoms with E-state index in [1.165, 1.54) is 5.92 Å². The van der Waals surface area contributed by atoms with E-state index in [1.807, 2.05) is 0 Å². The largest absolute Gasteiger partial charge is 0.393 e. The smallest absolute Gasteiger partial charge is 0.0602 e. The minimum Gasteiger partial charge on any atom is -0.393 e. The summed E-state index contributed by atoms with van der Waals surface area (Å²) in [5.41, 5.74) is 0. The summed E-state index contributed by atoms with van der Waals surface area (Å²) >= 11 is 0. The standard InChI is InChI=1S/C8H16O/c1-4-7(5-2)8(9)6-3/h8-9H,3-6H2,1-2H3. The van der Waals surface area contributed by atoms with Crippen LogP contribution in [0.1, 0.15) is 33.1 Å². The second-order valence-corrected chi connectivity index (χ2v) is 2.17. The van der Waals surface area contributed by atoms with E-state index in [0.29, 0.717) is 6.42 Å². The Morgan fingerprint density at radius 1 is 1.44 bits per heavy atom. The maximum atomic E-state index is 9.22. The summed E-state index contributed by atoms with van der Waals surface area (Å²) in [5.74, 6) is 1.21. The zero-order chi connectivity index (χ0) is 7.28. The van der Waals surface area contributed by atoms with Gasteiger partial charge < -0.3 is 5.11 Å². The fourth-order valence-corrected chi connectivity index (χ4v) is 0.925. The van der Waals surface area contributed by atoms with Gasteiger partial charge in [0.2, 0.25) is 0 Å². The lowest BCUT2D eigenvalue weighted by atomic mass is 9.95. The number of aliphatic hydroxyl groups excluding tert-OH is 1. The lowest BCUT2D eigenvalue weighted by molar-refractivity contribution is 0.180. The summed E-state index contributed by atoms with van der Waals surface area (Å²) in [4.78, 5) is 0. The van der Waals surface area contributed by atoms with Gasteiger partial charge in [0.05, 0.1) is 6.10 Å². The predicted octanol–water partition coefficient (Wildman–Crippen LogP) is 1.97. The predicted molar refractivity (Wildman–Crippen MR) is 39.8 cm³/mol. The van der Waals surface area contributed by atoms with Crippen LogP contribution in [0.4, 0.5) is 0 Å². The summed E-state index contributed by atoms with van der Waals surface area (Å²) in [6.45, 7) is 7.77. The molecule has 0 aliphatic heterocycles. The third-order valence-electron chi connectivity index (χ3n) is 1.65. The molecule has 2 radical (unpaired) electrons. The monoisotopic (exact) mass is 128 g/mol. The highest BCUT2D eigenvalue weighted by molar-refractivity contribution is 4.94. The van der Waals surface area contributed by atoms with Crippen LogP contribution in [0.5, 0.6) is 0 Å². The van der Waals surface area contributed by atoms with E-state index in [9.17, 15) is 5.11 Å². The molecule has 9 heavy (non-hydrogen) atoms. The van der Waals surface area contributed by atoms with Crippen LogP contribution in [-0.2, 0) is 0 Å². The maximum Gasteiger partial charge on any atom is 0.0602 e. The molecule has 1 N–H and O–H groups in total. The second-order valence-electron chi connectivity index (χ2n) is 2.17. The van der Waals surface area contributed by atoms with Gasteiger partial charge in [-0.15, -0.1) is 0 Å². The van der Waals surface area contributed by atoms with Crippen molar-refractivity contribution in [3.8, 4) is 0 Å². The maximum absolute atomic E-state index is 9.22. The second kappa shape index (κ2) is 4.80. The van der Waals surface area contributed by atoms with E-state index in [4.69, 9.17) is 0 Å². The van der Waals surface area contributed by atoms with Crippen molar-refractivity contribution >= 4 is 0 Å². The topological polar surface area (TPSA) is 20.2 Å². The molecule has 1 atom stereocenters. The molecule has 0 fully saturated rings. The van der Waals surface area contributed by atoms with Gasteiger partial charge in [0.25, 0.3) is 0 Å². The van der Waals surface area contributed by atoms with Crippen molar-refractivity contribution in [3.05, 3.63) is 12.8 Å². The molecule has 0 aliphatic rings. The van der Waals surface area contributed by atoms with Crippen molar-refractivity contribution in [2.24, 2.45) is 0 Å². The molecule has 1 heteroatoms.